The molecule has 0 aliphatic carbocycles. The number of esters is 1. The van der Waals surface area contributed by atoms with E-state index in [0.717, 1.165) is 24.2 Å². The minimum Gasteiger partial charge on any atom is -0.494 e. The lowest BCUT2D eigenvalue weighted by molar-refractivity contribution is -0.385. The molecule has 1 unspecified atom stereocenters. The Morgan fingerprint density at radius 3 is 2.58 bits per heavy atom. The van der Waals surface area contributed by atoms with Crippen LogP contribution in [-0.4, -0.2) is 28.2 Å². The number of carbonyl (C=O) groups excluding carboxylic acids is 1. The number of nitro benzene ring substituents is 1. The van der Waals surface area contributed by atoms with E-state index in [-0.39, 0.29) is 21.9 Å². The van der Waals surface area contributed by atoms with E-state index in [4.69, 9.17) is 9.47 Å². The number of rotatable bonds is 9. The maximum Gasteiger partial charge on any atom is 0.338 e. The van der Waals surface area contributed by atoms with Crippen molar-refractivity contribution in [2.75, 3.05) is 6.61 Å². The molecule has 2 heterocycles. The van der Waals surface area contributed by atoms with Crippen molar-refractivity contribution in [2.45, 2.75) is 52.7 Å². The highest BCUT2D eigenvalue weighted by Gasteiger charge is 2.34. The first-order chi connectivity index (χ1) is 18.2. The number of hydrogen-bond acceptors (Lipinski definition) is 8. The molecule has 38 heavy (non-hydrogen) atoms. The Balaban J connectivity index is 1.87. The van der Waals surface area contributed by atoms with Gasteiger partial charge in [-0.2, -0.15) is 0 Å². The highest BCUT2D eigenvalue weighted by Crippen LogP contribution is 2.32. The summed E-state index contributed by atoms with van der Waals surface area (Å²) in [5, 5.41) is 11.5. The number of hydrogen-bond donors (Lipinski definition) is 0. The number of fused-ring (bicyclic) bond motifs is 1. The maximum atomic E-state index is 13.7. The molecule has 0 N–H and O–H groups in total. The monoisotopic (exact) mass is 535 g/mol. The van der Waals surface area contributed by atoms with Gasteiger partial charge in [-0.15, -0.1) is 0 Å². The first-order valence-electron chi connectivity index (χ1n) is 12.4. The van der Waals surface area contributed by atoms with Crippen LogP contribution in [0.1, 0.15) is 57.7 Å². The number of benzene rings is 2. The van der Waals surface area contributed by atoms with E-state index in [1.807, 2.05) is 24.3 Å². The molecule has 1 aliphatic heterocycles. The Morgan fingerprint density at radius 2 is 1.92 bits per heavy atom. The van der Waals surface area contributed by atoms with Gasteiger partial charge in [0.1, 0.15) is 5.75 Å². The van der Waals surface area contributed by atoms with Crippen LogP contribution in [0.2, 0.25) is 0 Å². The first-order valence-corrected chi connectivity index (χ1v) is 13.2. The normalized spacial score (nSPS) is 15.3. The molecule has 10 heteroatoms. The SMILES string of the molecule is CCCCOc1ccc(C2C(C(=O)OC(C)C)=C(C)N=c3sc(=Cc4ccccc4[N+](=O)[O-])c(=O)n32)cc1. The van der Waals surface area contributed by atoms with Crippen molar-refractivity contribution in [3.63, 3.8) is 0 Å². The van der Waals surface area contributed by atoms with Crippen LogP contribution in [0.5, 0.6) is 5.75 Å². The predicted octanol–water partition coefficient (Wildman–Crippen LogP) is 4.27. The zero-order chi connectivity index (χ0) is 27.4. The van der Waals surface area contributed by atoms with Crippen molar-refractivity contribution in [1.29, 1.82) is 0 Å². The molecule has 0 spiro atoms. The zero-order valence-corrected chi connectivity index (χ0v) is 22.5. The van der Waals surface area contributed by atoms with Gasteiger partial charge < -0.3 is 9.47 Å². The van der Waals surface area contributed by atoms with Gasteiger partial charge in [0.15, 0.2) is 4.80 Å². The van der Waals surface area contributed by atoms with E-state index in [1.165, 1.54) is 16.7 Å². The summed E-state index contributed by atoms with van der Waals surface area (Å²) < 4.78 is 13.0. The molecule has 4 rings (SSSR count). The standard InChI is InChI=1S/C28H29N3O6S/c1-5-6-15-36-21-13-11-19(12-14-21)25-24(27(33)37-17(2)3)18(4)29-28-30(25)26(32)23(38-28)16-20-9-7-8-10-22(20)31(34)35/h7-14,16-17,25H,5-6,15H2,1-4H3. The van der Waals surface area contributed by atoms with Gasteiger partial charge in [-0.3, -0.25) is 19.5 Å². The third-order valence-corrected chi connectivity index (χ3v) is 6.95. The van der Waals surface area contributed by atoms with Crippen molar-refractivity contribution in [3.05, 3.63) is 101 Å². The Morgan fingerprint density at radius 1 is 1.21 bits per heavy atom. The first kappa shape index (κ1) is 27.0. The quantitative estimate of drug-likeness (QED) is 0.175. The molecule has 1 atom stereocenters. The topological polar surface area (TPSA) is 113 Å². The van der Waals surface area contributed by atoms with Crippen LogP contribution < -0.4 is 19.6 Å². The van der Waals surface area contributed by atoms with Crippen molar-refractivity contribution in [3.8, 4) is 5.75 Å². The van der Waals surface area contributed by atoms with Gasteiger partial charge in [0.25, 0.3) is 11.2 Å². The molecular weight excluding hydrogens is 506 g/mol. The zero-order valence-electron chi connectivity index (χ0n) is 21.7. The summed E-state index contributed by atoms with van der Waals surface area (Å²) in [6.07, 6.45) is 3.09. The Kier molecular flexibility index (Phi) is 8.21. The van der Waals surface area contributed by atoms with E-state index >= 15 is 0 Å². The van der Waals surface area contributed by atoms with Crippen LogP contribution in [0.15, 0.2) is 69.6 Å². The number of nitrogens with zero attached hydrogens (tertiary/aromatic N) is 3. The van der Waals surface area contributed by atoms with E-state index in [1.54, 1.807) is 39.0 Å². The van der Waals surface area contributed by atoms with Gasteiger partial charge >= 0.3 is 5.97 Å². The highest BCUT2D eigenvalue weighted by atomic mass is 32.1. The fourth-order valence-electron chi connectivity index (χ4n) is 4.17. The summed E-state index contributed by atoms with van der Waals surface area (Å²) in [7, 11) is 0. The second-order valence-corrected chi connectivity index (χ2v) is 10.1. The number of allylic oxidation sites excluding steroid dienone is 1. The van der Waals surface area contributed by atoms with Crippen LogP contribution in [0.4, 0.5) is 5.69 Å². The molecule has 3 aromatic rings. The summed E-state index contributed by atoms with van der Waals surface area (Å²) in [6.45, 7) is 7.92. The van der Waals surface area contributed by atoms with Crippen LogP contribution in [0, 0.1) is 10.1 Å². The lowest BCUT2D eigenvalue weighted by Gasteiger charge is -2.25. The van der Waals surface area contributed by atoms with Crippen molar-refractivity contribution >= 4 is 29.1 Å². The van der Waals surface area contributed by atoms with Gasteiger partial charge in [-0.25, -0.2) is 9.79 Å². The Bertz CT molecular complexity index is 1570. The van der Waals surface area contributed by atoms with Gasteiger partial charge in [0.05, 0.1) is 45.0 Å². The number of nitro groups is 1. The largest absolute Gasteiger partial charge is 0.494 e. The maximum absolute atomic E-state index is 13.7. The van der Waals surface area contributed by atoms with Crippen LogP contribution in [0.25, 0.3) is 6.08 Å². The third kappa shape index (κ3) is 5.60. The van der Waals surface area contributed by atoms with Gasteiger partial charge in [-0.05, 0) is 57.0 Å². The number of aromatic nitrogens is 1. The molecule has 198 valence electrons. The fraction of sp³-hybridized carbons (Fsp3) is 0.321. The minimum atomic E-state index is -0.782. The fourth-order valence-corrected chi connectivity index (χ4v) is 5.21. The Hall–Kier alpha value is -4.05. The predicted molar refractivity (Wildman–Crippen MR) is 145 cm³/mol. The average molecular weight is 536 g/mol. The summed E-state index contributed by atoms with van der Waals surface area (Å²) in [5.74, 6) is 0.139. The molecule has 2 aromatic carbocycles. The number of carbonyl (C=O) groups is 1. The minimum absolute atomic E-state index is 0.106. The smallest absolute Gasteiger partial charge is 0.338 e. The van der Waals surface area contributed by atoms with Crippen molar-refractivity contribution < 1.29 is 19.2 Å². The lowest BCUT2D eigenvalue weighted by Crippen LogP contribution is -2.40. The molecule has 0 saturated heterocycles. The molecule has 1 aliphatic rings. The number of unbranched alkanes of at least 4 members (excludes halogenated alkanes) is 1. The van der Waals surface area contributed by atoms with Crippen molar-refractivity contribution in [1.82, 2.24) is 4.57 Å². The summed E-state index contributed by atoms with van der Waals surface area (Å²) >= 11 is 1.12. The molecule has 0 radical (unpaired) electrons. The van der Waals surface area contributed by atoms with Crippen LogP contribution in [0.3, 0.4) is 0 Å². The number of thiazole rings is 1. The highest BCUT2D eigenvalue weighted by molar-refractivity contribution is 7.07. The second kappa shape index (κ2) is 11.6. The number of ether oxygens (including phenoxy) is 2. The average Bonchev–Trinajstić information content (AvgIpc) is 3.17. The molecule has 0 bridgehead atoms. The molecule has 9 nitrogen and oxygen atoms in total. The summed E-state index contributed by atoms with van der Waals surface area (Å²) in [4.78, 5) is 42.9. The van der Waals surface area contributed by atoms with Gasteiger partial charge in [0, 0.05) is 6.07 Å². The summed E-state index contributed by atoms with van der Waals surface area (Å²) in [5.41, 5.74) is 1.21. The molecule has 0 amide bonds. The lowest BCUT2D eigenvalue weighted by atomic mass is 9.96. The third-order valence-electron chi connectivity index (χ3n) is 5.97. The molecular formula is C28H29N3O6S. The van der Waals surface area contributed by atoms with E-state index < -0.39 is 22.5 Å². The summed E-state index contributed by atoms with van der Waals surface area (Å²) in [6, 6.07) is 12.7. The van der Waals surface area contributed by atoms with Crippen molar-refractivity contribution in [2.24, 2.45) is 4.99 Å². The van der Waals surface area contributed by atoms with Crippen LogP contribution >= 0.6 is 11.3 Å². The second-order valence-electron chi connectivity index (χ2n) is 9.12. The number of para-hydroxylation sites is 1. The Labute approximate surface area is 223 Å². The van der Waals surface area contributed by atoms with Gasteiger partial charge in [0.2, 0.25) is 0 Å². The van der Waals surface area contributed by atoms with Gasteiger partial charge in [-0.1, -0.05) is 48.9 Å². The van der Waals surface area contributed by atoms with E-state index in [0.29, 0.717) is 34.0 Å². The molecule has 0 saturated carbocycles. The molecule has 0 fully saturated rings. The van der Waals surface area contributed by atoms with E-state index in [9.17, 15) is 19.7 Å². The molecule has 1 aromatic heterocycles. The van der Waals surface area contributed by atoms with E-state index in [2.05, 4.69) is 11.9 Å². The van der Waals surface area contributed by atoms with Crippen LogP contribution in [-0.2, 0) is 9.53 Å².